The van der Waals surface area contributed by atoms with Gasteiger partial charge in [0.1, 0.15) is 23.4 Å². The Balaban J connectivity index is 0.000000409. The average molecular weight is 603 g/mol. The highest BCUT2D eigenvalue weighted by Gasteiger charge is 2.24. The Hall–Kier alpha value is -4.50. The molecule has 1 aliphatic carbocycles. The number of primary amides is 1. The van der Waals surface area contributed by atoms with Crippen LogP contribution in [0.2, 0.25) is 0 Å². The number of carbonyl (C=O) groups is 3. The molecule has 0 saturated heterocycles. The van der Waals surface area contributed by atoms with E-state index in [0.717, 1.165) is 49.0 Å². The van der Waals surface area contributed by atoms with Gasteiger partial charge in [0.15, 0.2) is 0 Å². The van der Waals surface area contributed by atoms with Gasteiger partial charge in [-0.1, -0.05) is 37.5 Å². The molecule has 234 valence electrons. The van der Waals surface area contributed by atoms with Crippen molar-refractivity contribution in [3.05, 3.63) is 77.6 Å². The van der Waals surface area contributed by atoms with Crippen molar-refractivity contribution >= 4 is 34.8 Å². The quantitative estimate of drug-likeness (QED) is 0.196. The van der Waals surface area contributed by atoms with Crippen LogP contribution in [0.4, 0.5) is 10.1 Å². The molecule has 44 heavy (non-hydrogen) atoms. The largest absolute Gasteiger partial charge is 0.455 e. The lowest BCUT2D eigenvalue weighted by atomic mass is 9.89. The first-order chi connectivity index (χ1) is 21.3. The van der Waals surface area contributed by atoms with Crippen LogP contribution in [0.5, 0.6) is 0 Å². The minimum absolute atomic E-state index is 0.102. The Bertz CT molecular complexity index is 1560. The number of halogens is 1. The second kappa shape index (κ2) is 16.4. The summed E-state index contributed by atoms with van der Waals surface area (Å²) in [6, 6.07) is 17.1. The van der Waals surface area contributed by atoms with E-state index >= 15 is 0 Å². The maximum Gasteiger partial charge on any atom is 0.255 e. The van der Waals surface area contributed by atoms with E-state index in [9.17, 15) is 18.8 Å². The second-order valence-electron chi connectivity index (χ2n) is 10.4. The average Bonchev–Trinajstić information content (AvgIpc) is 3.45. The predicted molar refractivity (Wildman–Crippen MR) is 175 cm³/mol. The number of aldehydes is 1. The molecule has 0 radical (unpaired) electrons. The number of anilines is 1. The summed E-state index contributed by atoms with van der Waals surface area (Å²) >= 11 is 0. The molecule has 9 heteroatoms. The van der Waals surface area contributed by atoms with Crippen LogP contribution < -0.4 is 21.7 Å². The zero-order valence-electron chi connectivity index (χ0n) is 26.0. The number of carbonyl (C=O) groups excluding carboxylic acids is 3. The summed E-state index contributed by atoms with van der Waals surface area (Å²) in [5.74, 6) is -0.184. The molecular weight excluding hydrogens is 559 g/mol. The van der Waals surface area contributed by atoms with Gasteiger partial charge in [0.25, 0.3) is 5.91 Å². The van der Waals surface area contributed by atoms with Crippen molar-refractivity contribution in [1.82, 2.24) is 5.32 Å². The van der Waals surface area contributed by atoms with E-state index in [0.29, 0.717) is 33.4 Å². The summed E-state index contributed by atoms with van der Waals surface area (Å²) in [6.07, 6.45) is 6.52. The topological polar surface area (TPSA) is 132 Å². The first-order valence-electron chi connectivity index (χ1n) is 15.1. The zero-order chi connectivity index (χ0) is 32.2. The summed E-state index contributed by atoms with van der Waals surface area (Å²) in [7, 11) is 3.06. The Labute approximate surface area is 258 Å². The monoisotopic (exact) mass is 602 g/mol. The molecule has 1 aliphatic rings. The fraction of sp³-hybridized carbons (Fsp3) is 0.343. The fourth-order valence-corrected chi connectivity index (χ4v) is 5.51. The van der Waals surface area contributed by atoms with E-state index in [4.69, 9.17) is 10.2 Å². The summed E-state index contributed by atoms with van der Waals surface area (Å²) in [6.45, 7) is 5.69. The van der Waals surface area contributed by atoms with Crippen LogP contribution in [0.1, 0.15) is 66.7 Å². The minimum atomic E-state index is -0.363. The highest BCUT2D eigenvalue weighted by molar-refractivity contribution is 6.13. The van der Waals surface area contributed by atoms with Crippen LogP contribution in [0, 0.1) is 11.7 Å². The molecule has 5 rings (SSSR count). The molecule has 0 atom stereocenters. The lowest BCUT2D eigenvalue weighted by Crippen LogP contribution is -2.24. The number of hydrogen-bond donors (Lipinski definition) is 3. The van der Waals surface area contributed by atoms with Crippen molar-refractivity contribution in [2.75, 3.05) is 32.1 Å². The minimum Gasteiger partial charge on any atom is -0.455 e. The van der Waals surface area contributed by atoms with E-state index in [2.05, 4.69) is 29.8 Å². The molecule has 3 aromatic carbocycles. The molecule has 0 bridgehead atoms. The Morgan fingerprint density at radius 3 is 2.18 bits per heavy atom. The highest BCUT2D eigenvalue weighted by Crippen LogP contribution is 2.41. The number of nitrogens with two attached hydrogens (primary N) is 2. The molecule has 0 unspecified atom stereocenters. The molecule has 2 amide bonds. The van der Waals surface area contributed by atoms with Gasteiger partial charge in [-0.2, -0.15) is 0 Å². The van der Waals surface area contributed by atoms with Gasteiger partial charge in [0, 0.05) is 59.9 Å². The number of nitrogens with one attached hydrogen (secondary N) is 1. The number of amides is 2. The van der Waals surface area contributed by atoms with Gasteiger partial charge in [-0.25, -0.2) is 4.39 Å². The number of hydrogen-bond acceptors (Lipinski definition) is 6. The number of rotatable bonds is 8. The van der Waals surface area contributed by atoms with Gasteiger partial charge in [0.05, 0.1) is 5.56 Å². The van der Waals surface area contributed by atoms with Crippen LogP contribution in [-0.2, 0) is 4.79 Å². The molecule has 0 aliphatic heterocycles. The van der Waals surface area contributed by atoms with Gasteiger partial charge < -0.3 is 26.1 Å². The number of furan rings is 1. The third-order valence-electron chi connectivity index (χ3n) is 7.81. The lowest BCUT2D eigenvalue weighted by Gasteiger charge is -2.24. The molecule has 1 heterocycles. The SMILES string of the molecule is CCN(CC)c1cc2oc(-c3ccc(F)cc3)c(C(=O)NC)c2cc1-c1cccc(C=O)c1.CN.NC(=O)C1CCCCC1. The van der Waals surface area contributed by atoms with E-state index in [1.165, 1.54) is 38.4 Å². The van der Waals surface area contributed by atoms with Crippen molar-refractivity contribution in [2.24, 2.45) is 17.4 Å². The number of fused-ring (bicyclic) bond motifs is 1. The first kappa shape index (κ1) is 34.0. The lowest BCUT2D eigenvalue weighted by molar-refractivity contribution is -0.122. The number of nitrogens with zero attached hydrogens (tertiary/aromatic N) is 1. The normalized spacial score (nSPS) is 12.8. The fourth-order valence-electron chi connectivity index (χ4n) is 5.51. The first-order valence-corrected chi connectivity index (χ1v) is 15.1. The van der Waals surface area contributed by atoms with Crippen LogP contribution in [0.25, 0.3) is 33.4 Å². The molecule has 1 saturated carbocycles. The zero-order valence-corrected chi connectivity index (χ0v) is 26.0. The standard InChI is InChI=1S/C27H25FN2O3.C7H13NO.CH5N/c1-4-30(5-2)23-15-24-22(14-21(23)19-8-6-7-17(13-19)16-31)25(27(32)29-3)26(33-24)18-9-11-20(28)12-10-18;8-7(9)6-4-2-1-3-5-6;1-2/h6-16H,4-5H2,1-3H3,(H,29,32);6H,1-5H2,(H2,8,9);2H2,1H3. The van der Waals surface area contributed by atoms with Crippen molar-refractivity contribution in [2.45, 2.75) is 46.0 Å². The Kier molecular flexibility index (Phi) is 12.7. The van der Waals surface area contributed by atoms with Gasteiger partial charge >= 0.3 is 0 Å². The molecule has 1 fully saturated rings. The van der Waals surface area contributed by atoms with Crippen molar-refractivity contribution in [1.29, 1.82) is 0 Å². The predicted octanol–water partition coefficient (Wildman–Crippen LogP) is 6.55. The molecule has 1 aromatic heterocycles. The third kappa shape index (κ3) is 7.90. The van der Waals surface area contributed by atoms with Crippen LogP contribution in [-0.4, -0.2) is 45.3 Å². The van der Waals surface area contributed by atoms with Gasteiger partial charge in [-0.15, -0.1) is 0 Å². The highest BCUT2D eigenvalue weighted by atomic mass is 19.1. The van der Waals surface area contributed by atoms with Gasteiger partial charge in [0.2, 0.25) is 5.91 Å². The van der Waals surface area contributed by atoms with Gasteiger partial charge in [-0.3, -0.25) is 14.4 Å². The molecule has 4 aromatic rings. The summed E-state index contributed by atoms with van der Waals surface area (Å²) < 4.78 is 19.7. The van der Waals surface area contributed by atoms with Crippen LogP contribution in [0.15, 0.2) is 65.1 Å². The summed E-state index contributed by atoms with van der Waals surface area (Å²) in [5, 5.41) is 3.34. The van der Waals surface area contributed by atoms with Crippen LogP contribution >= 0.6 is 0 Å². The molecule has 5 N–H and O–H groups in total. The van der Waals surface area contributed by atoms with Crippen molar-refractivity contribution < 1.29 is 23.2 Å². The van der Waals surface area contributed by atoms with E-state index in [1.807, 2.05) is 30.3 Å². The van der Waals surface area contributed by atoms with E-state index < -0.39 is 0 Å². The van der Waals surface area contributed by atoms with Crippen molar-refractivity contribution in [3.63, 3.8) is 0 Å². The number of benzene rings is 3. The summed E-state index contributed by atoms with van der Waals surface area (Å²) in [4.78, 5) is 37.1. The Morgan fingerprint density at radius 2 is 1.64 bits per heavy atom. The summed E-state index contributed by atoms with van der Waals surface area (Å²) in [5.41, 5.74) is 14.5. The smallest absolute Gasteiger partial charge is 0.255 e. The van der Waals surface area contributed by atoms with E-state index in [1.54, 1.807) is 25.2 Å². The second-order valence-corrected chi connectivity index (χ2v) is 10.4. The maximum atomic E-state index is 13.5. The van der Waals surface area contributed by atoms with Gasteiger partial charge in [-0.05, 0) is 75.7 Å². The maximum absolute atomic E-state index is 13.5. The Morgan fingerprint density at radius 1 is 0.977 bits per heavy atom. The third-order valence-corrected chi connectivity index (χ3v) is 7.81. The van der Waals surface area contributed by atoms with E-state index in [-0.39, 0.29) is 23.5 Å². The van der Waals surface area contributed by atoms with Crippen LogP contribution in [0.3, 0.4) is 0 Å². The van der Waals surface area contributed by atoms with Crippen molar-refractivity contribution in [3.8, 4) is 22.5 Å². The molecular formula is C35H43FN4O4. The molecule has 0 spiro atoms. The molecule has 8 nitrogen and oxygen atoms in total.